The highest BCUT2D eigenvalue weighted by molar-refractivity contribution is 6.27. The molecule has 1 heteroatoms. The minimum atomic E-state index is 0.688. The van der Waals surface area contributed by atoms with E-state index in [1.165, 1.54) is 112 Å². The van der Waals surface area contributed by atoms with E-state index in [0.717, 1.165) is 5.92 Å². The van der Waals surface area contributed by atoms with Crippen LogP contribution in [0.2, 0.25) is 0 Å². The lowest BCUT2D eigenvalue weighted by Crippen LogP contribution is -2.25. The Labute approximate surface area is 291 Å². The van der Waals surface area contributed by atoms with Crippen molar-refractivity contribution in [3.8, 4) is 27.9 Å². The lowest BCUT2D eigenvalue weighted by atomic mass is 9.67. The number of fused-ring (bicyclic) bond motifs is 4. The summed E-state index contributed by atoms with van der Waals surface area (Å²) in [7, 11) is 0. The number of allylic oxidation sites excluding steroid dienone is 4. The molecule has 0 spiro atoms. The fraction of sp³-hybridized carbons (Fsp3) is 0.102. The number of rotatable bonds is 4. The molecule has 0 bridgehead atoms. The molecule has 0 radical (unpaired) electrons. The minimum absolute atomic E-state index is 0.688. The van der Waals surface area contributed by atoms with Gasteiger partial charge in [0.25, 0.3) is 0 Å². The number of para-hydroxylation sites is 2. The van der Waals surface area contributed by atoms with E-state index in [9.17, 15) is 0 Å². The van der Waals surface area contributed by atoms with Crippen LogP contribution in [0.5, 0.6) is 0 Å². The van der Waals surface area contributed by atoms with Crippen LogP contribution in [0.25, 0.3) is 87.6 Å². The predicted octanol–water partition coefficient (Wildman–Crippen LogP) is 13.4. The van der Waals surface area contributed by atoms with Crippen LogP contribution in [0, 0.1) is 11.8 Å². The van der Waals surface area contributed by atoms with Gasteiger partial charge in [0.2, 0.25) is 0 Å². The summed E-state index contributed by atoms with van der Waals surface area (Å²) in [4.78, 5) is 0. The zero-order valence-electron chi connectivity index (χ0n) is 27.8. The first-order valence-electron chi connectivity index (χ1n) is 18.1. The Morgan fingerprint density at radius 3 is 1.74 bits per heavy atom. The van der Waals surface area contributed by atoms with E-state index in [2.05, 4.69) is 168 Å². The predicted molar refractivity (Wildman–Crippen MR) is 213 cm³/mol. The van der Waals surface area contributed by atoms with Crippen LogP contribution in [0.1, 0.15) is 24.8 Å². The normalized spacial score (nSPS) is 17.4. The average Bonchev–Trinajstić information content (AvgIpc) is 3.42. The van der Waals surface area contributed by atoms with Crippen molar-refractivity contribution in [2.24, 2.45) is 11.8 Å². The van der Waals surface area contributed by atoms with Crippen molar-refractivity contribution >= 4 is 59.7 Å². The largest absolute Gasteiger partial charge is 0.309 e. The van der Waals surface area contributed by atoms with Crippen LogP contribution in [0.4, 0.5) is 0 Å². The molecule has 1 saturated carbocycles. The molecule has 9 aromatic rings. The molecule has 8 aromatic carbocycles. The molecule has 0 amide bonds. The molecule has 2 atom stereocenters. The molecule has 1 heterocycles. The summed E-state index contributed by atoms with van der Waals surface area (Å²) in [6.07, 6.45) is 10.9. The Balaban J connectivity index is 1.08. The lowest BCUT2D eigenvalue weighted by molar-refractivity contribution is 0.241. The Morgan fingerprint density at radius 2 is 1.08 bits per heavy atom. The zero-order chi connectivity index (χ0) is 32.8. The third kappa shape index (κ3) is 4.07. The molecule has 11 rings (SSSR count). The van der Waals surface area contributed by atoms with E-state index in [0.29, 0.717) is 5.92 Å². The fourth-order valence-electron chi connectivity index (χ4n) is 9.30. The summed E-state index contributed by atoms with van der Waals surface area (Å²) in [6, 6.07) is 54.6. The molecule has 0 N–H and O–H groups in total. The Kier molecular flexibility index (Phi) is 6.04. The Hall–Kier alpha value is -5.92. The van der Waals surface area contributed by atoms with E-state index >= 15 is 0 Å². The first-order chi connectivity index (χ1) is 24.8. The second kappa shape index (κ2) is 10.8. The summed E-state index contributed by atoms with van der Waals surface area (Å²) >= 11 is 0. The van der Waals surface area contributed by atoms with Crippen molar-refractivity contribution in [1.82, 2.24) is 4.57 Å². The van der Waals surface area contributed by atoms with Gasteiger partial charge in [-0.3, -0.25) is 0 Å². The first kappa shape index (κ1) is 28.0. The van der Waals surface area contributed by atoms with E-state index in [-0.39, 0.29) is 0 Å². The van der Waals surface area contributed by atoms with Crippen LogP contribution >= 0.6 is 0 Å². The van der Waals surface area contributed by atoms with Crippen LogP contribution in [-0.4, -0.2) is 4.57 Å². The molecule has 1 aromatic heterocycles. The maximum Gasteiger partial charge on any atom is 0.0541 e. The molecule has 50 heavy (non-hydrogen) atoms. The third-order valence-corrected chi connectivity index (χ3v) is 11.8. The molecule has 2 aliphatic carbocycles. The fourth-order valence-corrected chi connectivity index (χ4v) is 9.30. The molecule has 2 unspecified atom stereocenters. The SMILES string of the molecule is C1=CCC2CCC2C(c2cccc(-c3ccc4ccc5c(-c6cccc(-n7c8ccccc8c8ccccc87)c6)ccc6ccc3c4c65)c2)=C1. The number of hydrogen-bond acceptors (Lipinski definition) is 0. The van der Waals surface area contributed by atoms with Gasteiger partial charge in [-0.15, -0.1) is 0 Å². The number of benzene rings is 8. The summed E-state index contributed by atoms with van der Waals surface area (Å²) in [5, 5.41) is 10.5. The zero-order valence-corrected chi connectivity index (χ0v) is 27.8. The smallest absolute Gasteiger partial charge is 0.0541 e. The molecule has 0 aliphatic heterocycles. The number of hydrogen-bond donors (Lipinski definition) is 0. The molecular formula is C49H35N. The van der Waals surface area contributed by atoms with Crippen molar-refractivity contribution in [1.29, 1.82) is 0 Å². The van der Waals surface area contributed by atoms with Crippen molar-refractivity contribution in [2.75, 3.05) is 0 Å². The van der Waals surface area contributed by atoms with Gasteiger partial charge in [0.05, 0.1) is 11.0 Å². The summed E-state index contributed by atoms with van der Waals surface area (Å²) < 4.78 is 2.41. The average molecular weight is 638 g/mol. The van der Waals surface area contributed by atoms with Crippen LogP contribution in [0.3, 0.4) is 0 Å². The highest BCUT2D eigenvalue weighted by Gasteiger charge is 2.34. The molecule has 0 saturated heterocycles. The number of aromatic nitrogens is 1. The van der Waals surface area contributed by atoms with Gasteiger partial charge in [-0.25, -0.2) is 0 Å². The van der Waals surface area contributed by atoms with Gasteiger partial charge in [0.1, 0.15) is 0 Å². The monoisotopic (exact) mass is 637 g/mol. The summed E-state index contributed by atoms with van der Waals surface area (Å²) in [5.74, 6) is 1.49. The van der Waals surface area contributed by atoms with Crippen molar-refractivity contribution < 1.29 is 0 Å². The van der Waals surface area contributed by atoms with Crippen LogP contribution in [-0.2, 0) is 0 Å². The highest BCUT2D eigenvalue weighted by atomic mass is 15.0. The maximum atomic E-state index is 2.44. The van der Waals surface area contributed by atoms with Crippen LogP contribution in [0.15, 0.2) is 164 Å². The quantitative estimate of drug-likeness (QED) is 0.169. The van der Waals surface area contributed by atoms with Gasteiger partial charge in [-0.2, -0.15) is 0 Å². The standard InChI is InChI=1S/C49H35N/c1-2-14-38(39-24-19-31(39)9-1)34-10-7-11-35(29-34)40-25-20-32-23-28-45-41(26-21-33-22-27-44(40)48(32)49(33)45)36-12-8-13-37(30-36)50-46-17-5-3-15-42(46)43-16-4-6-18-47(43)50/h1-8,10-18,20-23,25-31,39H,9,19,24H2. The number of nitrogens with zero attached hydrogens (tertiary/aromatic N) is 1. The molecule has 236 valence electrons. The van der Waals surface area contributed by atoms with Gasteiger partial charge in [-0.1, -0.05) is 133 Å². The van der Waals surface area contributed by atoms with Crippen molar-refractivity contribution in [3.05, 3.63) is 169 Å². The Bertz CT molecular complexity index is 2810. The van der Waals surface area contributed by atoms with E-state index in [4.69, 9.17) is 0 Å². The van der Waals surface area contributed by atoms with E-state index in [1.54, 1.807) is 0 Å². The second-order valence-electron chi connectivity index (χ2n) is 14.4. The summed E-state index contributed by atoms with van der Waals surface area (Å²) in [6.45, 7) is 0. The van der Waals surface area contributed by atoms with Gasteiger partial charge in [0.15, 0.2) is 0 Å². The minimum Gasteiger partial charge on any atom is -0.309 e. The molecule has 2 aliphatic rings. The second-order valence-corrected chi connectivity index (χ2v) is 14.4. The summed E-state index contributed by atoms with van der Waals surface area (Å²) in [5.41, 5.74) is 11.6. The van der Waals surface area contributed by atoms with E-state index in [1.807, 2.05) is 0 Å². The molecular weight excluding hydrogens is 603 g/mol. The van der Waals surface area contributed by atoms with Crippen molar-refractivity contribution in [2.45, 2.75) is 19.3 Å². The van der Waals surface area contributed by atoms with Crippen LogP contribution < -0.4 is 0 Å². The third-order valence-electron chi connectivity index (χ3n) is 11.8. The van der Waals surface area contributed by atoms with Gasteiger partial charge in [-0.05, 0) is 127 Å². The molecule has 1 fully saturated rings. The van der Waals surface area contributed by atoms with E-state index < -0.39 is 0 Å². The highest BCUT2D eigenvalue weighted by Crippen LogP contribution is 2.48. The topological polar surface area (TPSA) is 4.93 Å². The molecule has 1 nitrogen and oxygen atoms in total. The maximum absolute atomic E-state index is 2.44. The lowest BCUT2D eigenvalue weighted by Gasteiger charge is -2.37. The van der Waals surface area contributed by atoms with Gasteiger partial charge < -0.3 is 4.57 Å². The Morgan fingerprint density at radius 1 is 0.480 bits per heavy atom. The first-order valence-corrected chi connectivity index (χ1v) is 18.1. The van der Waals surface area contributed by atoms with Gasteiger partial charge in [0, 0.05) is 16.5 Å². The van der Waals surface area contributed by atoms with Gasteiger partial charge >= 0.3 is 0 Å². The van der Waals surface area contributed by atoms with Crippen molar-refractivity contribution in [3.63, 3.8) is 0 Å².